The summed E-state index contributed by atoms with van der Waals surface area (Å²) in [5, 5.41) is 3.52. The summed E-state index contributed by atoms with van der Waals surface area (Å²) in [5.74, 6) is 8.17. The molecule has 2 fully saturated rings. The van der Waals surface area contributed by atoms with Crippen LogP contribution in [0.25, 0.3) is 0 Å². The molecule has 2 atom stereocenters. The first-order valence-electron chi connectivity index (χ1n) is 3.84. The largest absolute Gasteiger partial charge is 0.386 e. The maximum Gasteiger partial charge on any atom is 0.122 e. The number of hydrogen-bond donors (Lipinski definition) is 2. The van der Waals surface area contributed by atoms with E-state index in [2.05, 4.69) is 5.10 Å². The molecule has 2 unspecified atom stereocenters. The quantitative estimate of drug-likeness (QED) is 0.237. The zero-order valence-corrected chi connectivity index (χ0v) is 5.96. The normalized spacial score (nSPS) is 45.2. The number of amidine groups is 1. The number of nitrogens with two attached hydrogens (primary N) is 2. The summed E-state index contributed by atoms with van der Waals surface area (Å²) < 4.78 is 0. The zero-order chi connectivity index (χ0) is 7.14. The van der Waals surface area contributed by atoms with Crippen LogP contribution in [-0.4, -0.2) is 5.84 Å². The van der Waals surface area contributed by atoms with Crippen LogP contribution in [0.3, 0.4) is 0 Å². The second-order valence-electron chi connectivity index (χ2n) is 3.48. The smallest absolute Gasteiger partial charge is 0.122 e. The fourth-order valence-corrected chi connectivity index (χ4v) is 2.06. The van der Waals surface area contributed by atoms with E-state index in [9.17, 15) is 0 Å². The van der Waals surface area contributed by atoms with Gasteiger partial charge in [0.15, 0.2) is 0 Å². The summed E-state index contributed by atoms with van der Waals surface area (Å²) >= 11 is 0. The van der Waals surface area contributed by atoms with Gasteiger partial charge in [0, 0.05) is 5.92 Å². The van der Waals surface area contributed by atoms with E-state index in [1.165, 1.54) is 19.3 Å². The van der Waals surface area contributed by atoms with Crippen LogP contribution < -0.4 is 11.6 Å². The van der Waals surface area contributed by atoms with Crippen LogP contribution >= 0.6 is 0 Å². The van der Waals surface area contributed by atoms with Crippen LogP contribution in [-0.2, 0) is 0 Å². The van der Waals surface area contributed by atoms with E-state index in [4.69, 9.17) is 11.6 Å². The van der Waals surface area contributed by atoms with Crippen molar-refractivity contribution < 1.29 is 0 Å². The number of fused-ring (bicyclic) bond motifs is 1. The molecular weight excluding hydrogens is 126 g/mol. The number of hydrazone groups is 1. The van der Waals surface area contributed by atoms with Gasteiger partial charge in [0.2, 0.25) is 0 Å². The van der Waals surface area contributed by atoms with Crippen LogP contribution in [0.2, 0.25) is 0 Å². The molecule has 3 nitrogen and oxygen atoms in total. The summed E-state index contributed by atoms with van der Waals surface area (Å²) in [6.45, 7) is 0. The third-order valence-electron chi connectivity index (χ3n) is 2.81. The molecule has 3 heteroatoms. The first-order valence-corrected chi connectivity index (χ1v) is 3.84. The van der Waals surface area contributed by atoms with Gasteiger partial charge >= 0.3 is 0 Å². The van der Waals surface area contributed by atoms with Crippen molar-refractivity contribution in [2.75, 3.05) is 0 Å². The van der Waals surface area contributed by atoms with E-state index in [0.29, 0.717) is 11.8 Å². The average molecular weight is 139 g/mol. The Kier molecular flexibility index (Phi) is 1.13. The minimum Gasteiger partial charge on any atom is -0.386 e. The highest BCUT2D eigenvalue weighted by Crippen LogP contribution is 2.54. The molecule has 4 N–H and O–H groups in total. The minimum absolute atomic E-state index is 0.508. The van der Waals surface area contributed by atoms with Crippen molar-refractivity contribution in [1.82, 2.24) is 0 Å². The fourth-order valence-electron chi connectivity index (χ4n) is 2.06. The van der Waals surface area contributed by atoms with Crippen LogP contribution in [0.1, 0.15) is 19.3 Å². The predicted octanol–water partition coefficient (Wildman–Crippen LogP) is 0.263. The van der Waals surface area contributed by atoms with E-state index in [0.717, 1.165) is 11.8 Å². The molecule has 0 aromatic heterocycles. The highest BCUT2D eigenvalue weighted by molar-refractivity contribution is 5.83. The number of nitrogens with zero attached hydrogens (tertiary/aromatic N) is 1. The molecule has 56 valence electrons. The molecule has 0 radical (unpaired) electrons. The van der Waals surface area contributed by atoms with Crippen molar-refractivity contribution in [1.29, 1.82) is 0 Å². The van der Waals surface area contributed by atoms with Crippen molar-refractivity contribution in [3.63, 3.8) is 0 Å². The van der Waals surface area contributed by atoms with Crippen molar-refractivity contribution >= 4 is 5.84 Å². The molecule has 0 aromatic rings. The standard InChI is InChI=1S/C7H13N3/c8-7(10-9)6-2-4-1-5(4)3-6/h4-6H,1-3,9H2,(H2,8,10). The summed E-state index contributed by atoms with van der Waals surface area (Å²) in [5.41, 5.74) is 5.59. The van der Waals surface area contributed by atoms with E-state index < -0.39 is 0 Å². The van der Waals surface area contributed by atoms with E-state index in [-0.39, 0.29) is 0 Å². The molecule has 0 spiro atoms. The maximum absolute atomic E-state index is 5.59. The lowest BCUT2D eigenvalue weighted by Gasteiger charge is -2.08. The van der Waals surface area contributed by atoms with Crippen LogP contribution in [0.5, 0.6) is 0 Å². The van der Waals surface area contributed by atoms with Crippen LogP contribution in [0, 0.1) is 17.8 Å². The summed E-state index contributed by atoms with van der Waals surface area (Å²) in [6.07, 6.45) is 3.89. The van der Waals surface area contributed by atoms with Gasteiger partial charge in [0.1, 0.15) is 5.84 Å². The van der Waals surface area contributed by atoms with Gasteiger partial charge in [-0.2, -0.15) is 5.10 Å². The lowest BCUT2D eigenvalue weighted by atomic mass is 10.0. The van der Waals surface area contributed by atoms with E-state index >= 15 is 0 Å². The highest BCUT2D eigenvalue weighted by atomic mass is 15.2. The first kappa shape index (κ1) is 6.01. The maximum atomic E-state index is 5.59. The van der Waals surface area contributed by atoms with Gasteiger partial charge < -0.3 is 11.6 Å². The van der Waals surface area contributed by atoms with Crippen molar-refractivity contribution in [3.8, 4) is 0 Å². The average Bonchev–Trinajstić information content (AvgIpc) is 2.57. The fraction of sp³-hybridized carbons (Fsp3) is 0.857. The van der Waals surface area contributed by atoms with Gasteiger partial charge in [-0.1, -0.05) is 0 Å². The molecule has 0 bridgehead atoms. The van der Waals surface area contributed by atoms with Gasteiger partial charge in [-0.3, -0.25) is 0 Å². The van der Waals surface area contributed by atoms with Crippen molar-refractivity contribution in [2.45, 2.75) is 19.3 Å². The van der Waals surface area contributed by atoms with Gasteiger partial charge in [-0.05, 0) is 31.1 Å². The van der Waals surface area contributed by atoms with Crippen molar-refractivity contribution in [3.05, 3.63) is 0 Å². The predicted molar refractivity (Wildman–Crippen MR) is 40.1 cm³/mol. The summed E-state index contributed by atoms with van der Waals surface area (Å²) in [6, 6.07) is 0. The molecule has 0 amide bonds. The Morgan fingerprint density at radius 2 is 1.80 bits per heavy atom. The molecule has 0 aromatic carbocycles. The van der Waals surface area contributed by atoms with Gasteiger partial charge in [-0.25, -0.2) is 0 Å². The Balaban J connectivity index is 1.96. The molecule has 2 rings (SSSR count). The van der Waals surface area contributed by atoms with Crippen molar-refractivity contribution in [2.24, 2.45) is 34.4 Å². The van der Waals surface area contributed by atoms with E-state index in [1.807, 2.05) is 0 Å². The molecule has 0 heterocycles. The summed E-state index contributed by atoms with van der Waals surface area (Å²) in [7, 11) is 0. The third-order valence-corrected chi connectivity index (χ3v) is 2.81. The second kappa shape index (κ2) is 1.87. The minimum atomic E-state index is 0.508. The summed E-state index contributed by atoms with van der Waals surface area (Å²) in [4.78, 5) is 0. The van der Waals surface area contributed by atoms with E-state index in [1.54, 1.807) is 0 Å². The Hall–Kier alpha value is -0.730. The monoisotopic (exact) mass is 139 g/mol. The topological polar surface area (TPSA) is 64.4 Å². The Morgan fingerprint density at radius 1 is 1.20 bits per heavy atom. The lowest BCUT2D eigenvalue weighted by Crippen LogP contribution is -2.23. The lowest BCUT2D eigenvalue weighted by molar-refractivity contribution is 0.618. The number of rotatable bonds is 1. The first-order chi connectivity index (χ1) is 4.81. The Bertz CT molecular complexity index is 166. The SMILES string of the molecule is NN=C(N)C1CC2CC2C1. The Labute approximate surface area is 60.5 Å². The van der Waals surface area contributed by atoms with Gasteiger partial charge in [0.25, 0.3) is 0 Å². The van der Waals surface area contributed by atoms with Gasteiger partial charge in [0.05, 0.1) is 0 Å². The molecule has 0 aliphatic heterocycles. The molecule has 2 aliphatic carbocycles. The number of hydrogen-bond acceptors (Lipinski definition) is 2. The molecule has 2 aliphatic rings. The molecular formula is C7H13N3. The molecule has 0 saturated heterocycles. The highest BCUT2D eigenvalue weighted by Gasteiger charge is 2.46. The third kappa shape index (κ3) is 0.770. The zero-order valence-electron chi connectivity index (χ0n) is 5.96. The van der Waals surface area contributed by atoms with Crippen LogP contribution in [0.15, 0.2) is 5.10 Å². The molecule has 2 saturated carbocycles. The van der Waals surface area contributed by atoms with Gasteiger partial charge in [-0.15, -0.1) is 0 Å². The second-order valence-corrected chi connectivity index (χ2v) is 3.48. The Morgan fingerprint density at radius 3 is 2.30 bits per heavy atom. The van der Waals surface area contributed by atoms with Crippen LogP contribution in [0.4, 0.5) is 0 Å². The molecule has 10 heavy (non-hydrogen) atoms.